The van der Waals surface area contributed by atoms with E-state index in [4.69, 9.17) is 4.74 Å². The number of hydrogen-bond acceptors (Lipinski definition) is 3. The van der Waals surface area contributed by atoms with E-state index >= 15 is 0 Å². The predicted molar refractivity (Wildman–Crippen MR) is 88.5 cm³/mol. The Kier molecular flexibility index (Phi) is 5.41. The summed E-state index contributed by atoms with van der Waals surface area (Å²) in [6, 6.07) is 5.52. The first-order valence-corrected chi connectivity index (χ1v) is 8.72. The van der Waals surface area contributed by atoms with E-state index in [1.165, 1.54) is 34.1 Å². The van der Waals surface area contributed by atoms with Crippen LogP contribution in [0.3, 0.4) is 0 Å². The van der Waals surface area contributed by atoms with Crippen LogP contribution in [-0.4, -0.2) is 54.7 Å². The Morgan fingerprint density at radius 2 is 1.85 bits per heavy atom. The number of nitrogens with zero attached hydrogens (tertiary/aromatic N) is 2. The number of rotatable bonds is 2. The van der Waals surface area contributed by atoms with E-state index in [9.17, 15) is 27.2 Å². The molecule has 148 valence electrons. The molecule has 2 saturated heterocycles. The molecule has 2 fully saturated rings. The molecule has 0 aromatic heterocycles. The van der Waals surface area contributed by atoms with Gasteiger partial charge in [0.05, 0.1) is 12.1 Å². The van der Waals surface area contributed by atoms with Crippen LogP contribution in [0.5, 0.6) is 0 Å². The molecule has 27 heavy (non-hydrogen) atoms. The Labute approximate surface area is 153 Å². The molecule has 1 spiro atoms. The number of carbonyl (C=O) groups excluding carboxylic acids is 2. The van der Waals surface area contributed by atoms with Crippen molar-refractivity contribution in [3.63, 3.8) is 0 Å². The lowest BCUT2D eigenvalue weighted by Gasteiger charge is -2.42. The van der Waals surface area contributed by atoms with Crippen LogP contribution in [0.2, 0.25) is 0 Å². The third-order valence-electron chi connectivity index (χ3n) is 4.99. The molecule has 1 aromatic rings. The number of anilines is 1. The van der Waals surface area contributed by atoms with Crippen molar-refractivity contribution in [2.75, 3.05) is 31.1 Å². The van der Waals surface area contributed by atoms with Gasteiger partial charge in [-0.25, -0.2) is 4.39 Å². The van der Waals surface area contributed by atoms with Crippen molar-refractivity contribution in [3.05, 3.63) is 30.1 Å². The molecule has 2 aliphatic rings. The summed E-state index contributed by atoms with van der Waals surface area (Å²) in [7, 11) is 0. The number of likely N-dealkylation sites (tertiary alicyclic amines) is 1. The second kappa shape index (κ2) is 7.46. The van der Waals surface area contributed by atoms with Crippen LogP contribution in [0.15, 0.2) is 24.3 Å². The minimum Gasteiger partial charge on any atom is -0.363 e. The van der Waals surface area contributed by atoms with Gasteiger partial charge in [-0.2, -0.15) is 13.2 Å². The van der Waals surface area contributed by atoms with Crippen LogP contribution in [-0.2, 0) is 14.3 Å². The van der Waals surface area contributed by atoms with Gasteiger partial charge in [0.15, 0.2) is 0 Å². The summed E-state index contributed by atoms with van der Waals surface area (Å²) in [5.74, 6) is -1.62. The predicted octanol–water partition coefficient (Wildman–Crippen LogP) is 2.89. The highest BCUT2D eigenvalue weighted by atomic mass is 19.4. The molecule has 0 bridgehead atoms. The van der Waals surface area contributed by atoms with E-state index in [-0.39, 0.29) is 32.1 Å². The van der Waals surface area contributed by atoms with Gasteiger partial charge < -0.3 is 14.5 Å². The normalized spacial score (nSPS) is 24.2. The number of carbonyl (C=O) groups is 2. The lowest BCUT2D eigenvalue weighted by atomic mass is 9.92. The fourth-order valence-electron chi connectivity index (χ4n) is 3.57. The first kappa shape index (κ1) is 19.6. The molecule has 0 aliphatic carbocycles. The molecule has 1 aromatic carbocycles. The maximum atomic E-state index is 13.1. The van der Waals surface area contributed by atoms with Crippen molar-refractivity contribution in [3.8, 4) is 0 Å². The Morgan fingerprint density at radius 1 is 1.15 bits per heavy atom. The zero-order chi connectivity index (χ0) is 19.7. The zero-order valence-corrected chi connectivity index (χ0v) is 14.6. The van der Waals surface area contributed by atoms with Gasteiger partial charge in [-0.1, -0.05) is 0 Å². The molecule has 0 radical (unpaired) electrons. The monoisotopic (exact) mass is 388 g/mol. The van der Waals surface area contributed by atoms with Gasteiger partial charge in [0, 0.05) is 18.8 Å². The smallest absolute Gasteiger partial charge is 0.363 e. The minimum atomic E-state index is -4.53. The molecule has 0 saturated carbocycles. The van der Waals surface area contributed by atoms with E-state index in [1.807, 2.05) is 0 Å². The summed E-state index contributed by atoms with van der Waals surface area (Å²) in [6.07, 6.45) is -4.67. The topological polar surface area (TPSA) is 49.9 Å². The average molecular weight is 388 g/mol. The van der Waals surface area contributed by atoms with Gasteiger partial charge in [-0.3, -0.25) is 9.59 Å². The highest BCUT2D eigenvalue weighted by Gasteiger charge is 2.42. The maximum Gasteiger partial charge on any atom is 0.397 e. The Hall–Kier alpha value is -2.16. The zero-order valence-electron chi connectivity index (χ0n) is 14.6. The van der Waals surface area contributed by atoms with Gasteiger partial charge in [0.25, 0.3) is 5.91 Å². The number of amides is 2. The lowest BCUT2D eigenvalue weighted by Crippen LogP contribution is -2.55. The van der Waals surface area contributed by atoms with Crippen molar-refractivity contribution in [2.24, 2.45) is 0 Å². The standard InChI is InChI=1S/C18H20F4N2O3/c19-13-2-4-14(5-3-13)24-12-17(27-11-16(24)26)6-1-8-23(9-7-17)15(25)10-18(20,21)22/h2-5H,1,6-12H2. The second-order valence-corrected chi connectivity index (χ2v) is 6.95. The molecule has 2 aliphatic heterocycles. The maximum absolute atomic E-state index is 13.1. The molecule has 9 heteroatoms. The van der Waals surface area contributed by atoms with Crippen molar-refractivity contribution in [1.29, 1.82) is 0 Å². The largest absolute Gasteiger partial charge is 0.397 e. The highest BCUT2D eigenvalue weighted by Crippen LogP contribution is 2.33. The Balaban J connectivity index is 1.70. The van der Waals surface area contributed by atoms with Crippen LogP contribution in [0.1, 0.15) is 25.7 Å². The number of morpholine rings is 1. The van der Waals surface area contributed by atoms with Crippen molar-refractivity contribution < 1.29 is 31.9 Å². The van der Waals surface area contributed by atoms with Crippen LogP contribution in [0.4, 0.5) is 23.2 Å². The molecule has 1 unspecified atom stereocenters. The van der Waals surface area contributed by atoms with E-state index in [1.54, 1.807) is 0 Å². The van der Waals surface area contributed by atoms with Gasteiger partial charge in [-0.15, -0.1) is 0 Å². The fourth-order valence-corrected chi connectivity index (χ4v) is 3.57. The molecule has 5 nitrogen and oxygen atoms in total. The summed E-state index contributed by atoms with van der Waals surface area (Å²) in [4.78, 5) is 26.8. The SMILES string of the molecule is O=C(CC(F)(F)F)N1CCCC2(CC1)CN(c1ccc(F)cc1)C(=O)CO2. The summed E-state index contributed by atoms with van der Waals surface area (Å²) < 4.78 is 56.4. The number of ether oxygens (including phenoxy) is 1. The van der Waals surface area contributed by atoms with E-state index in [2.05, 4.69) is 0 Å². The molecule has 2 heterocycles. The van der Waals surface area contributed by atoms with Gasteiger partial charge in [0.1, 0.15) is 18.8 Å². The van der Waals surface area contributed by atoms with Crippen LogP contribution < -0.4 is 4.90 Å². The molecular weight excluding hydrogens is 368 g/mol. The fraction of sp³-hybridized carbons (Fsp3) is 0.556. The molecule has 2 amide bonds. The molecular formula is C18H20F4N2O3. The number of alkyl halides is 3. The molecule has 3 rings (SSSR count). The number of halogens is 4. The molecule has 0 N–H and O–H groups in total. The number of hydrogen-bond donors (Lipinski definition) is 0. The van der Waals surface area contributed by atoms with Crippen LogP contribution in [0.25, 0.3) is 0 Å². The molecule has 1 atom stereocenters. The van der Waals surface area contributed by atoms with Crippen molar-refractivity contribution >= 4 is 17.5 Å². The summed E-state index contributed by atoms with van der Waals surface area (Å²) in [5, 5.41) is 0. The number of benzene rings is 1. The third-order valence-corrected chi connectivity index (χ3v) is 4.99. The first-order valence-electron chi connectivity index (χ1n) is 8.72. The Morgan fingerprint density at radius 3 is 2.52 bits per heavy atom. The Bertz CT molecular complexity index is 708. The quantitative estimate of drug-likeness (QED) is 0.732. The van der Waals surface area contributed by atoms with Gasteiger partial charge in [-0.05, 0) is 43.5 Å². The van der Waals surface area contributed by atoms with Crippen LogP contribution in [0, 0.1) is 5.82 Å². The van der Waals surface area contributed by atoms with Crippen molar-refractivity contribution in [2.45, 2.75) is 37.5 Å². The third kappa shape index (κ3) is 4.77. The lowest BCUT2D eigenvalue weighted by molar-refractivity contribution is -0.161. The minimum absolute atomic E-state index is 0.139. The van der Waals surface area contributed by atoms with Crippen LogP contribution >= 0.6 is 0 Å². The van der Waals surface area contributed by atoms with E-state index in [0.29, 0.717) is 24.9 Å². The van der Waals surface area contributed by atoms with Gasteiger partial charge in [0.2, 0.25) is 5.91 Å². The first-order chi connectivity index (χ1) is 12.7. The summed E-state index contributed by atoms with van der Waals surface area (Å²) >= 11 is 0. The van der Waals surface area contributed by atoms with Gasteiger partial charge >= 0.3 is 6.18 Å². The summed E-state index contributed by atoms with van der Waals surface area (Å²) in [6.45, 7) is 0.428. The van der Waals surface area contributed by atoms with E-state index in [0.717, 1.165) is 0 Å². The second-order valence-electron chi connectivity index (χ2n) is 6.95. The van der Waals surface area contributed by atoms with E-state index < -0.39 is 29.9 Å². The summed E-state index contributed by atoms with van der Waals surface area (Å²) in [5.41, 5.74) is -0.187. The average Bonchev–Trinajstić information content (AvgIpc) is 2.80. The highest BCUT2D eigenvalue weighted by molar-refractivity contribution is 5.95. The van der Waals surface area contributed by atoms with Crippen molar-refractivity contribution in [1.82, 2.24) is 4.90 Å².